The lowest BCUT2D eigenvalue weighted by atomic mass is 9.92. The highest BCUT2D eigenvalue weighted by Crippen LogP contribution is 2.23. The highest BCUT2D eigenvalue weighted by Gasteiger charge is 2.27. The SMILES string of the molecule is C[C@@H]1CCCN1CCN1CCc2cc(C(=O)NC3CCC3)ccc2C1=O. The van der Waals surface area contributed by atoms with Gasteiger partial charge in [-0.15, -0.1) is 0 Å². The van der Waals surface area contributed by atoms with E-state index in [2.05, 4.69) is 17.1 Å². The normalized spacial score (nSPS) is 23.7. The highest BCUT2D eigenvalue weighted by atomic mass is 16.2. The maximum Gasteiger partial charge on any atom is 0.254 e. The van der Waals surface area contributed by atoms with Gasteiger partial charge in [-0.1, -0.05) is 0 Å². The third-order valence-electron chi connectivity index (χ3n) is 6.32. The van der Waals surface area contributed by atoms with Crippen molar-refractivity contribution in [1.29, 1.82) is 0 Å². The van der Waals surface area contributed by atoms with Gasteiger partial charge in [0, 0.05) is 42.8 Å². The summed E-state index contributed by atoms with van der Waals surface area (Å²) >= 11 is 0. The molecule has 0 radical (unpaired) electrons. The van der Waals surface area contributed by atoms with E-state index in [0.29, 0.717) is 17.6 Å². The Morgan fingerprint density at radius 2 is 2.00 bits per heavy atom. The number of amides is 2. The average Bonchev–Trinajstić information content (AvgIpc) is 3.02. The zero-order valence-corrected chi connectivity index (χ0v) is 15.7. The lowest BCUT2D eigenvalue weighted by molar-refractivity contribution is 0.0716. The minimum Gasteiger partial charge on any atom is -0.349 e. The van der Waals surface area contributed by atoms with Crippen molar-refractivity contribution in [1.82, 2.24) is 15.1 Å². The van der Waals surface area contributed by atoms with Crippen molar-refractivity contribution in [2.24, 2.45) is 0 Å². The summed E-state index contributed by atoms with van der Waals surface area (Å²) in [4.78, 5) is 29.6. The molecule has 1 saturated heterocycles. The summed E-state index contributed by atoms with van der Waals surface area (Å²) in [7, 11) is 0. The van der Waals surface area contributed by atoms with Crippen LogP contribution in [-0.2, 0) is 6.42 Å². The summed E-state index contributed by atoms with van der Waals surface area (Å²) in [6.07, 6.45) is 6.74. The van der Waals surface area contributed by atoms with E-state index in [1.165, 1.54) is 19.3 Å². The molecular formula is C21H29N3O2. The summed E-state index contributed by atoms with van der Waals surface area (Å²) in [6, 6.07) is 6.54. The number of carbonyl (C=O) groups excluding carboxylic acids is 2. The maximum absolute atomic E-state index is 12.8. The van der Waals surface area contributed by atoms with Crippen molar-refractivity contribution >= 4 is 11.8 Å². The Labute approximate surface area is 155 Å². The van der Waals surface area contributed by atoms with Gasteiger partial charge < -0.3 is 10.2 Å². The molecule has 140 valence electrons. The zero-order valence-electron chi connectivity index (χ0n) is 15.7. The molecule has 0 unspecified atom stereocenters. The number of nitrogens with one attached hydrogen (secondary N) is 1. The van der Waals surface area contributed by atoms with Crippen LogP contribution in [0.4, 0.5) is 0 Å². The summed E-state index contributed by atoms with van der Waals surface area (Å²) in [5, 5.41) is 3.08. The first kappa shape index (κ1) is 17.5. The standard InChI is InChI=1S/C21H29N3O2/c1-15-4-3-10-23(15)12-13-24-11-9-16-14-17(7-8-19(16)21(24)26)20(25)22-18-5-2-6-18/h7-8,14-15,18H,2-6,9-13H2,1H3,(H,22,25)/t15-/m1/s1. The maximum atomic E-state index is 12.8. The number of likely N-dealkylation sites (tertiary alicyclic amines) is 1. The fraction of sp³-hybridized carbons (Fsp3) is 0.619. The van der Waals surface area contributed by atoms with Gasteiger partial charge in [0.2, 0.25) is 0 Å². The van der Waals surface area contributed by atoms with Gasteiger partial charge in [-0.2, -0.15) is 0 Å². The van der Waals surface area contributed by atoms with E-state index in [9.17, 15) is 9.59 Å². The highest BCUT2D eigenvalue weighted by molar-refractivity contribution is 6.00. The second kappa shape index (κ2) is 7.39. The molecule has 26 heavy (non-hydrogen) atoms. The topological polar surface area (TPSA) is 52.6 Å². The van der Waals surface area contributed by atoms with Crippen LogP contribution in [-0.4, -0.2) is 59.9 Å². The molecule has 2 aliphatic heterocycles. The van der Waals surface area contributed by atoms with Gasteiger partial charge in [-0.3, -0.25) is 14.5 Å². The second-order valence-electron chi connectivity index (χ2n) is 8.04. The van der Waals surface area contributed by atoms with Gasteiger partial charge in [0.1, 0.15) is 0 Å². The van der Waals surface area contributed by atoms with Gasteiger partial charge >= 0.3 is 0 Å². The molecule has 1 aliphatic carbocycles. The molecule has 4 rings (SSSR count). The Hall–Kier alpha value is -1.88. The monoisotopic (exact) mass is 355 g/mol. The van der Waals surface area contributed by atoms with E-state index >= 15 is 0 Å². The molecule has 3 aliphatic rings. The van der Waals surface area contributed by atoms with Crippen molar-refractivity contribution in [2.45, 2.75) is 57.5 Å². The van der Waals surface area contributed by atoms with Gasteiger partial charge in [-0.05, 0) is 75.8 Å². The largest absolute Gasteiger partial charge is 0.349 e. The molecule has 0 spiro atoms. The first-order valence-corrected chi connectivity index (χ1v) is 10.1. The van der Waals surface area contributed by atoms with Gasteiger partial charge in [-0.25, -0.2) is 0 Å². The number of carbonyl (C=O) groups is 2. The zero-order chi connectivity index (χ0) is 18.1. The number of hydrogen-bond donors (Lipinski definition) is 1. The van der Waals surface area contributed by atoms with Crippen LogP contribution in [0.2, 0.25) is 0 Å². The number of rotatable bonds is 5. The van der Waals surface area contributed by atoms with E-state index in [0.717, 1.165) is 56.6 Å². The lowest BCUT2D eigenvalue weighted by Crippen LogP contribution is -2.43. The molecule has 1 atom stereocenters. The lowest BCUT2D eigenvalue weighted by Gasteiger charge is -2.31. The Kier molecular flexibility index (Phi) is 4.98. The van der Waals surface area contributed by atoms with Crippen LogP contribution in [0.5, 0.6) is 0 Å². The quantitative estimate of drug-likeness (QED) is 0.883. The molecule has 0 aromatic heterocycles. The number of fused-ring (bicyclic) bond motifs is 1. The van der Waals surface area contributed by atoms with Gasteiger partial charge in [0.05, 0.1) is 0 Å². The number of hydrogen-bond acceptors (Lipinski definition) is 3. The first-order valence-electron chi connectivity index (χ1n) is 10.1. The van der Waals surface area contributed by atoms with Crippen molar-refractivity contribution in [2.75, 3.05) is 26.2 Å². The predicted molar refractivity (Wildman–Crippen MR) is 101 cm³/mol. The molecule has 1 aromatic carbocycles. The van der Waals surface area contributed by atoms with E-state index in [1.807, 2.05) is 17.0 Å². The Morgan fingerprint density at radius 1 is 1.15 bits per heavy atom. The first-order chi connectivity index (χ1) is 12.6. The van der Waals surface area contributed by atoms with Crippen molar-refractivity contribution in [3.05, 3.63) is 34.9 Å². The fourth-order valence-electron chi connectivity index (χ4n) is 4.29. The second-order valence-corrected chi connectivity index (χ2v) is 8.04. The Balaban J connectivity index is 1.39. The summed E-state index contributed by atoms with van der Waals surface area (Å²) in [5.74, 6) is 0.111. The third-order valence-corrected chi connectivity index (χ3v) is 6.32. The molecule has 2 fully saturated rings. The third kappa shape index (κ3) is 3.50. The number of benzene rings is 1. The summed E-state index contributed by atoms with van der Waals surface area (Å²) < 4.78 is 0. The molecule has 2 amide bonds. The molecule has 2 heterocycles. The van der Waals surface area contributed by atoms with Crippen LogP contribution in [0.25, 0.3) is 0 Å². The predicted octanol–water partition coefficient (Wildman–Crippen LogP) is 2.45. The molecule has 0 bridgehead atoms. The molecule has 5 nitrogen and oxygen atoms in total. The molecule has 1 saturated carbocycles. The Morgan fingerprint density at radius 3 is 2.69 bits per heavy atom. The van der Waals surface area contributed by atoms with Crippen LogP contribution in [0, 0.1) is 0 Å². The molecule has 1 N–H and O–H groups in total. The van der Waals surface area contributed by atoms with Gasteiger partial charge in [0.25, 0.3) is 11.8 Å². The Bertz CT molecular complexity index is 698. The average molecular weight is 355 g/mol. The summed E-state index contributed by atoms with van der Waals surface area (Å²) in [6.45, 7) is 5.94. The van der Waals surface area contributed by atoms with Gasteiger partial charge in [0.15, 0.2) is 0 Å². The fourth-order valence-corrected chi connectivity index (χ4v) is 4.29. The van der Waals surface area contributed by atoms with Crippen LogP contribution in [0.15, 0.2) is 18.2 Å². The van der Waals surface area contributed by atoms with E-state index in [-0.39, 0.29) is 11.8 Å². The molecule has 5 heteroatoms. The van der Waals surface area contributed by atoms with Crippen molar-refractivity contribution in [3.8, 4) is 0 Å². The van der Waals surface area contributed by atoms with Crippen LogP contribution < -0.4 is 5.32 Å². The smallest absolute Gasteiger partial charge is 0.254 e. The minimum atomic E-state index is -0.00426. The minimum absolute atomic E-state index is 0.00426. The van der Waals surface area contributed by atoms with E-state index in [1.54, 1.807) is 6.07 Å². The molecule has 1 aromatic rings. The number of nitrogens with zero attached hydrogens (tertiary/aromatic N) is 2. The van der Waals surface area contributed by atoms with Crippen molar-refractivity contribution in [3.63, 3.8) is 0 Å². The van der Waals surface area contributed by atoms with Crippen LogP contribution >= 0.6 is 0 Å². The van der Waals surface area contributed by atoms with E-state index in [4.69, 9.17) is 0 Å². The van der Waals surface area contributed by atoms with Crippen LogP contribution in [0.3, 0.4) is 0 Å². The van der Waals surface area contributed by atoms with Crippen LogP contribution in [0.1, 0.15) is 65.3 Å². The van der Waals surface area contributed by atoms with E-state index < -0.39 is 0 Å². The van der Waals surface area contributed by atoms with Crippen molar-refractivity contribution < 1.29 is 9.59 Å². The summed E-state index contributed by atoms with van der Waals surface area (Å²) in [5.41, 5.74) is 2.47. The molecular weight excluding hydrogens is 326 g/mol.